The van der Waals surface area contributed by atoms with E-state index < -0.39 is 5.60 Å². The summed E-state index contributed by atoms with van der Waals surface area (Å²) < 4.78 is 0. The number of carbonyl (C=O) groups excluding carboxylic acids is 1. The highest BCUT2D eigenvalue weighted by atomic mass is 16.3. The number of hydrogen-bond acceptors (Lipinski definition) is 3. The number of piperidine rings is 1. The zero-order valence-corrected chi connectivity index (χ0v) is 16.2. The number of guanidine groups is 1. The maximum Gasteiger partial charge on any atom is 0.225 e. The molecule has 0 aromatic carbocycles. The molecule has 0 atom stereocenters. The summed E-state index contributed by atoms with van der Waals surface area (Å²) in [5.74, 6) is 1.10. The Kier molecular flexibility index (Phi) is 7.54. The highest BCUT2D eigenvalue weighted by Gasteiger charge is 2.29. The number of amides is 1. The molecule has 1 saturated heterocycles. The molecule has 3 N–H and O–H groups in total. The Bertz CT molecular complexity index is 450. The summed E-state index contributed by atoms with van der Waals surface area (Å²) in [6.45, 7) is 8.84. The minimum atomic E-state index is -0.631. The maximum atomic E-state index is 12.1. The van der Waals surface area contributed by atoms with E-state index in [1.165, 1.54) is 6.42 Å². The van der Waals surface area contributed by atoms with Crippen molar-refractivity contribution >= 4 is 11.9 Å². The molecule has 0 aromatic heterocycles. The molecule has 1 aliphatic carbocycles. The molecule has 0 bridgehead atoms. The van der Waals surface area contributed by atoms with Crippen LogP contribution in [0.1, 0.15) is 65.7 Å². The van der Waals surface area contributed by atoms with Gasteiger partial charge in [-0.3, -0.25) is 9.79 Å². The van der Waals surface area contributed by atoms with Crippen molar-refractivity contribution in [2.24, 2.45) is 10.9 Å². The van der Waals surface area contributed by atoms with Crippen LogP contribution in [0.2, 0.25) is 0 Å². The van der Waals surface area contributed by atoms with Crippen molar-refractivity contribution in [2.45, 2.75) is 77.4 Å². The SMILES string of the molecule is CCNC(=NCC1(O)CCCCC1)NC1CCN(C(=O)C(C)C)CC1. The van der Waals surface area contributed by atoms with Crippen LogP contribution in [0, 0.1) is 5.92 Å². The Morgan fingerprint density at radius 3 is 2.44 bits per heavy atom. The predicted molar refractivity (Wildman–Crippen MR) is 102 cm³/mol. The lowest BCUT2D eigenvalue weighted by atomic mass is 9.85. The smallest absolute Gasteiger partial charge is 0.225 e. The van der Waals surface area contributed by atoms with Crippen molar-refractivity contribution in [3.05, 3.63) is 0 Å². The lowest BCUT2D eigenvalue weighted by Gasteiger charge is -2.34. The van der Waals surface area contributed by atoms with Gasteiger partial charge in [0.15, 0.2) is 5.96 Å². The monoisotopic (exact) mass is 352 g/mol. The van der Waals surface area contributed by atoms with Gasteiger partial charge in [-0.15, -0.1) is 0 Å². The van der Waals surface area contributed by atoms with E-state index in [-0.39, 0.29) is 11.8 Å². The van der Waals surface area contributed by atoms with Gasteiger partial charge >= 0.3 is 0 Å². The van der Waals surface area contributed by atoms with E-state index in [0.29, 0.717) is 12.6 Å². The average molecular weight is 353 g/mol. The van der Waals surface area contributed by atoms with E-state index in [1.54, 1.807) is 0 Å². The molecule has 1 amide bonds. The minimum absolute atomic E-state index is 0.0691. The van der Waals surface area contributed by atoms with E-state index in [9.17, 15) is 9.90 Å². The van der Waals surface area contributed by atoms with Crippen molar-refractivity contribution in [3.8, 4) is 0 Å². The second-order valence-electron chi connectivity index (χ2n) is 7.88. The molecule has 1 aliphatic heterocycles. The molecular formula is C19H36N4O2. The van der Waals surface area contributed by atoms with E-state index in [4.69, 9.17) is 0 Å². The standard InChI is InChI=1S/C19H36N4O2/c1-4-20-18(21-14-19(25)10-6-5-7-11-19)22-16-8-12-23(13-9-16)17(24)15(2)3/h15-16,25H,4-14H2,1-3H3,(H2,20,21,22). The molecule has 2 rings (SSSR count). The van der Waals surface area contributed by atoms with Crippen molar-refractivity contribution < 1.29 is 9.90 Å². The Balaban J connectivity index is 1.85. The Hall–Kier alpha value is -1.30. The van der Waals surface area contributed by atoms with Gasteiger partial charge in [-0.25, -0.2) is 0 Å². The molecule has 144 valence electrons. The maximum absolute atomic E-state index is 12.1. The summed E-state index contributed by atoms with van der Waals surface area (Å²) in [7, 11) is 0. The van der Waals surface area contributed by atoms with Gasteiger partial charge < -0.3 is 20.6 Å². The molecule has 1 heterocycles. The van der Waals surface area contributed by atoms with Crippen LogP contribution in [0.15, 0.2) is 4.99 Å². The molecule has 0 aromatic rings. The highest BCUT2D eigenvalue weighted by molar-refractivity contribution is 5.80. The van der Waals surface area contributed by atoms with Crippen LogP contribution in [-0.2, 0) is 4.79 Å². The average Bonchev–Trinajstić information content (AvgIpc) is 2.60. The van der Waals surface area contributed by atoms with Crippen molar-refractivity contribution in [1.29, 1.82) is 0 Å². The first-order chi connectivity index (χ1) is 11.9. The quantitative estimate of drug-likeness (QED) is 0.522. The van der Waals surface area contributed by atoms with E-state index in [2.05, 4.69) is 22.5 Å². The molecule has 25 heavy (non-hydrogen) atoms. The topological polar surface area (TPSA) is 77.0 Å². The molecule has 6 heteroatoms. The number of nitrogens with one attached hydrogen (secondary N) is 2. The fourth-order valence-electron chi connectivity index (χ4n) is 3.72. The van der Waals surface area contributed by atoms with E-state index in [1.807, 2.05) is 18.7 Å². The fraction of sp³-hybridized carbons (Fsp3) is 0.895. The van der Waals surface area contributed by atoms with Crippen LogP contribution in [-0.4, -0.2) is 59.7 Å². The Labute approximate surface area is 152 Å². The molecule has 6 nitrogen and oxygen atoms in total. The Morgan fingerprint density at radius 1 is 1.24 bits per heavy atom. The van der Waals surface area contributed by atoms with Gasteiger partial charge in [-0.05, 0) is 32.6 Å². The lowest BCUT2D eigenvalue weighted by molar-refractivity contribution is -0.135. The predicted octanol–water partition coefficient (Wildman–Crippen LogP) is 1.88. The van der Waals surface area contributed by atoms with Crippen molar-refractivity contribution in [3.63, 3.8) is 0 Å². The van der Waals surface area contributed by atoms with Crippen LogP contribution in [0.25, 0.3) is 0 Å². The first-order valence-corrected chi connectivity index (χ1v) is 9.99. The van der Waals surface area contributed by atoms with Gasteiger partial charge in [0.25, 0.3) is 0 Å². The van der Waals surface area contributed by atoms with Crippen LogP contribution < -0.4 is 10.6 Å². The highest BCUT2D eigenvalue weighted by Crippen LogP contribution is 2.28. The number of likely N-dealkylation sites (tertiary alicyclic amines) is 1. The number of hydrogen-bond donors (Lipinski definition) is 3. The first-order valence-electron chi connectivity index (χ1n) is 9.99. The molecular weight excluding hydrogens is 316 g/mol. The van der Waals surface area contributed by atoms with Crippen LogP contribution in [0.4, 0.5) is 0 Å². The number of aliphatic imine (C=N–C) groups is 1. The van der Waals surface area contributed by atoms with E-state index >= 15 is 0 Å². The summed E-state index contributed by atoms with van der Waals surface area (Å²) in [6.07, 6.45) is 6.99. The van der Waals surface area contributed by atoms with Gasteiger partial charge in [0.05, 0.1) is 12.1 Å². The van der Waals surface area contributed by atoms with Gasteiger partial charge in [0, 0.05) is 31.6 Å². The summed E-state index contributed by atoms with van der Waals surface area (Å²) in [4.78, 5) is 18.7. The van der Waals surface area contributed by atoms with Gasteiger partial charge in [0.1, 0.15) is 0 Å². The second kappa shape index (κ2) is 9.41. The van der Waals surface area contributed by atoms with Crippen molar-refractivity contribution in [1.82, 2.24) is 15.5 Å². The zero-order valence-electron chi connectivity index (χ0n) is 16.2. The largest absolute Gasteiger partial charge is 0.388 e. The molecule has 2 fully saturated rings. The third-order valence-corrected chi connectivity index (χ3v) is 5.30. The van der Waals surface area contributed by atoms with Crippen molar-refractivity contribution in [2.75, 3.05) is 26.2 Å². The summed E-state index contributed by atoms with van der Waals surface area (Å²) >= 11 is 0. The fourth-order valence-corrected chi connectivity index (χ4v) is 3.72. The van der Waals surface area contributed by atoms with Gasteiger partial charge in [0.2, 0.25) is 5.91 Å². The van der Waals surface area contributed by atoms with Crippen LogP contribution >= 0.6 is 0 Å². The normalized spacial score (nSPS) is 22.1. The summed E-state index contributed by atoms with van der Waals surface area (Å²) in [6, 6.07) is 0.329. The van der Waals surface area contributed by atoms with Crippen LogP contribution in [0.3, 0.4) is 0 Å². The molecule has 0 spiro atoms. The molecule has 0 unspecified atom stereocenters. The zero-order chi connectivity index (χ0) is 18.3. The molecule has 1 saturated carbocycles. The van der Waals surface area contributed by atoms with Crippen LogP contribution in [0.5, 0.6) is 0 Å². The summed E-state index contributed by atoms with van der Waals surface area (Å²) in [5, 5.41) is 17.4. The van der Waals surface area contributed by atoms with Gasteiger partial charge in [-0.2, -0.15) is 0 Å². The van der Waals surface area contributed by atoms with E-state index in [0.717, 1.165) is 64.1 Å². The third kappa shape index (κ3) is 6.17. The number of rotatable bonds is 5. The van der Waals surface area contributed by atoms with Gasteiger partial charge in [-0.1, -0.05) is 33.1 Å². The molecule has 0 radical (unpaired) electrons. The number of nitrogens with zero attached hydrogens (tertiary/aromatic N) is 2. The second-order valence-corrected chi connectivity index (χ2v) is 7.88. The summed E-state index contributed by atoms with van der Waals surface area (Å²) in [5.41, 5.74) is -0.631. The number of carbonyl (C=O) groups is 1. The molecule has 2 aliphatic rings. The lowest BCUT2D eigenvalue weighted by Crippen LogP contribution is -2.50. The first kappa shape index (κ1) is 20.0. The Morgan fingerprint density at radius 2 is 1.88 bits per heavy atom. The third-order valence-electron chi connectivity index (χ3n) is 5.30. The number of aliphatic hydroxyl groups is 1. The minimum Gasteiger partial charge on any atom is -0.388 e.